The van der Waals surface area contributed by atoms with E-state index >= 15 is 0 Å². The molecule has 0 atom stereocenters. The molecular weight excluding hydrogens is 350 g/mol. The van der Waals surface area contributed by atoms with E-state index in [0.717, 1.165) is 17.7 Å². The molecule has 0 radical (unpaired) electrons. The molecule has 0 spiro atoms. The number of amides is 1. The molecule has 0 saturated carbocycles. The number of nitrogens with zero attached hydrogens (tertiary/aromatic N) is 2. The number of ether oxygens (including phenoxy) is 2. The van der Waals surface area contributed by atoms with Crippen LogP contribution in [0.1, 0.15) is 25.8 Å². The number of carbonyl (C=O) groups is 1. The molecule has 0 aliphatic rings. The summed E-state index contributed by atoms with van der Waals surface area (Å²) in [5.74, 6) is 0.284. The van der Waals surface area contributed by atoms with Crippen molar-refractivity contribution in [1.29, 1.82) is 0 Å². The van der Waals surface area contributed by atoms with E-state index in [2.05, 4.69) is 10.5 Å². The number of nitro groups is 1. The smallest absolute Gasteiger partial charge is 0.310 e. The molecule has 8 nitrogen and oxygen atoms in total. The van der Waals surface area contributed by atoms with Crippen molar-refractivity contribution >= 4 is 17.3 Å². The first kappa shape index (κ1) is 19.9. The normalized spacial score (nSPS) is 11.0. The van der Waals surface area contributed by atoms with E-state index in [9.17, 15) is 14.9 Å². The van der Waals surface area contributed by atoms with Gasteiger partial charge in [0, 0.05) is 6.07 Å². The van der Waals surface area contributed by atoms with Gasteiger partial charge in [-0.3, -0.25) is 14.9 Å². The van der Waals surface area contributed by atoms with Crippen LogP contribution in [0.25, 0.3) is 0 Å². The molecule has 142 valence electrons. The summed E-state index contributed by atoms with van der Waals surface area (Å²) in [6.45, 7) is 4.06. The SMILES string of the molecule is CCCOc1ccc(/C(C)=N\NC(=O)COc2ccccc2[N+](=O)[O-])cc1. The number of hydrazone groups is 1. The van der Waals surface area contributed by atoms with Gasteiger partial charge in [0.25, 0.3) is 5.91 Å². The van der Waals surface area contributed by atoms with Crippen LogP contribution in [0.4, 0.5) is 5.69 Å². The second-order valence-electron chi connectivity index (χ2n) is 5.62. The Morgan fingerprint density at radius 3 is 2.52 bits per heavy atom. The Morgan fingerprint density at radius 1 is 1.15 bits per heavy atom. The quantitative estimate of drug-likeness (QED) is 0.414. The molecule has 0 heterocycles. The van der Waals surface area contributed by atoms with E-state index in [0.29, 0.717) is 12.3 Å². The maximum absolute atomic E-state index is 11.9. The highest BCUT2D eigenvalue weighted by molar-refractivity contribution is 5.99. The number of carbonyl (C=O) groups excluding carboxylic acids is 1. The van der Waals surface area contributed by atoms with Crippen LogP contribution in [0.15, 0.2) is 53.6 Å². The van der Waals surface area contributed by atoms with Crippen LogP contribution >= 0.6 is 0 Å². The first-order valence-corrected chi connectivity index (χ1v) is 8.44. The lowest BCUT2D eigenvalue weighted by molar-refractivity contribution is -0.385. The van der Waals surface area contributed by atoms with Crippen molar-refractivity contribution in [2.24, 2.45) is 5.10 Å². The predicted octanol–water partition coefficient (Wildman–Crippen LogP) is 3.30. The van der Waals surface area contributed by atoms with Gasteiger partial charge in [0.2, 0.25) is 0 Å². The fourth-order valence-electron chi connectivity index (χ4n) is 2.13. The van der Waals surface area contributed by atoms with Crippen molar-refractivity contribution in [3.63, 3.8) is 0 Å². The summed E-state index contributed by atoms with van der Waals surface area (Å²) < 4.78 is 10.7. The van der Waals surface area contributed by atoms with Gasteiger partial charge in [-0.25, -0.2) is 5.43 Å². The van der Waals surface area contributed by atoms with Crippen LogP contribution in [0, 0.1) is 10.1 Å². The van der Waals surface area contributed by atoms with Crippen LogP contribution in [0.5, 0.6) is 11.5 Å². The Labute approximate surface area is 157 Å². The summed E-state index contributed by atoms with van der Waals surface area (Å²) in [6, 6.07) is 13.2. The minimum absolute atomic E-state index is 0.0287. The maximum Gasteiger partial charge on any atom is 0.310 e. The fourth-order valence-corrected chi connectivity index (χ4v) is 2.13. The summed E-state index contributed by atoms with van der Waals surface area (Å²) >= 11 is 0. The number of benzene rings is 2. The average Bonchev–Trinajstić information content (AvgIpc) is 2.69. The van der Waals surface area contributed by atoms with Gasteiger partial charge in [0.15, 0.2) is 12.4 Å². The van der Waals surface area contributed by atoms with E-state index < -0.39 is 10.8 Å². The Kier molecular flexibility index (Phi) is 7.30. The van der Waals surface area contributed by atoms with E-state index in [1.807, 2.05) is 31.2 Å². The highest BCUT2D eigenvalue weighted by Crippen LogP contribution is 2.25. The van der Waals surface area contributed by atoms with E-state index in [-0.39, 0.29) is 18.0 Å². The van der Waals surface area contributed by atoms with Gasteiger partial charge in [-0.2, -0.15) is 5.10 Å². The first-order chi connectivity index (χ1) is 13.0. The van der Waals surface area contributed by atoms with Crippen molar-refractivity contribution in [2.45, 2.75) is 20.3 Å². The lowest BCUT2D eigenvalue weighted by Crippen LogP contribution is -2.25. The lowest BCUT2D eigenvalue weighted by Gasteiger charge is -2.07. The third kappa shape index (κ3) is 6.10. The standard InChI is InChI=1S/C19H21N3O5/c1-3-12-26-16-10-8-15(9-11-16)14(2)20-21-19(23)13-27-18-7-5-4-6-17(18)22(24)25/h4-11H,3,12-13H2,1-2H3,(H,21,23)/b20-14-. The molecule has 2 aromatic carbocycles. The second-order valence-corrected chi connectivity index (χ2v) is 5.62. The minimum Gasteiger partial charge on any atom is -0.494 e. The van der Waals surface area contributed by atoms with Crippen molar-refractivity contribution in [1.82, 2.24) is 5.43 Å². The maximum atomic E-state index is 11.9. The Hall–Kier alpha value is -3.42. The zero-order chi connectivity index (χ0) is 19.6. The molecule has 1 amide bonds. The van der Waals surface area contributed by atoms with Crippen molar-refractivity contribution < 1.29 is 19.2 Å². The summed E-state index contributed by atoms with van der Waals surface area (Å²) in [6.07, 6.45) is 0.933. The average molecular weight is 371 g/mol. The molecule has 0 fully saturated rings. The Morgan fingerprint density at radius 2 is 1.85 bits per heavy atom. The van der Waals surface area contributed by atoms with Crippen molar-refractivity contribution in [3.05, 3.63) is 64.2 Å². The van der Waals surface area contributed by atoms with Gasteiger partial charge in [-0.05, 0) is 49.2 Å². The highest BCUT2D eigenvalue weighted by atomic mass is 16.6. The van der Waals surface area contributed by atoms with E-state index in [4.69, 9.17) is 9.47 Å². The molecule has 2 aromatic rings. The van der Waals surface area contributed by atoms with Gasteiger partial charge < -0.3 is 9.47 Å². The molecule has 0 aliphatic carbocycles. The van der Waals surface area contributed by atoms with Gasteiger partial charge >= 0.3 is 5.69 Å². The molecule has 8 heteroatoms. The highest BCUT2D eigenvalue weighted by Gasteiger charge is 2.14. The number of nitrogens with one attached hydrogen (secondary N) is 1. The summed E-state index contributed by atoms with van der Waals surface area (Å²) in [5, 5.41) is 14.9. The van der Waals surface area contributed by atoms with Crippen LogP contribution < -0.4 is 14.9 Å². The largest absolute Gasteiger partial charge is 0.494 e. The number of para-hydroxylation sites is 2. The topological polar surface area (TPSA) is 103 Å². The molecular formula is C19H21N3O5. The molecule has 2 rings (SSSR count). The summed E-state index contributed by atoms with van der Waals surface area (Å²) in [4.78, 5) is 22.2. The van der Waals surface area contributed by atoms with Crippen LogP contribution in [0.3, 0.4) is 0 Å². The second kappa shape index (κ2) is 9.91. The molecule has 0 saturated heterocycles. The minimum atomic E-state index is -0.566. The number of nitro benzene ring substituents is 1. The fraction of sp³-hybridized carbons (Fsp3) is 0.263. The molecule has 27 heavy (non-hydrogen) atoms. The number of rotatable bonds is 9. The summed E-state index contributed by atoms with van der Waals surface area (Å²) in [7, 11) is 0. The molecule has 0 aliphatic heterocycles. The zero-order valence-electron chi connectivity index (χ0n) is 15.2. The van der Waals surface area contributed by atoms with Crippen LogP contribution in [-0.4, -0.2) is 29.8 Å². The van der Waals surface area contributed by atoms with Crippen molar-refractivity contribution in [3.8, 4) is 11.5 Å². The number of hydrogen-bond donors (Lipinski definition) is 1. The van der Waals surface area contributed by atoms with Gasteiger partial charge in [0.05, 0.1) is 17.2 Å². The predicted molar refractivity (Wildman–Crippen MR) is 101 cm³/mol. The third-order valence-electron chi connectivity index (χ3n) is 3.51. The molecule has 0 aromatic heterocycles. The monoisotopic (exact) mass is 371 g/mol. The summed E-state index contributed by atoms with van der Waals surface area (Å²) in [5.41, 5.74) is 3.61. The van der Waals surface area contributed by atoms with Crippen molar-refractivity contribution in [2.75, 3.05) is 13.2 Å². The lowest BCUT2D eigenvalue weighted by atomic mass is 10.1. The van der Waals surface area contributed by atoms with E-state index in [1.54, 1.807) is 13.0 Å². The van der Waals surface area contributed by atoms with Crippen LogP contribution in [-0.2, 0) is 4.79 Å². The molecule has 1 N–H and O–H groups in total. The Balaban J connectivity index is 1.89. The number of hydrogen-bond acceptors (Lipinski definition) is 6. The van der Waals surface area contributed by atoms with Crippen LogP contribution in [0.2, 0.25) is 0 Å². The zero-order valence-corrected chi connectivity index (χ0v) is 15.2. The van der Waals surface area contributed by atoms with Gasteiger partial charge in [-0.1, -0.05) is 19.1 Å². The molecule has 0 bridgehead atoms. The first-order valence-electron chi connectivity index (χ1n) is 8.44. The van der Waals surface area contributed by atoms with Gasteiger partial charge in [-0.15, -0.1) is 0 Å². The third-order valence-corrected chi connectivity index (χ3v) is 3.51. The molecule has 0 unspecified atom stereocenters. The van der Waals surface area contributed by atoms with E-state index in [1.165, 1.54) is 18.2 Å². The Bertz CT molecular complexity index is 818. The van der Waals surface area contributed by atoms with Gasteiger partial charge in [0.1, 0.15) is 5.75 Å².